The molecule has 2 aliphatic heterocycles. The SMILES string of the molecule is CCOC(=O)c1cc(CN2C(=O)c3ccccc3C2=O)sc1NC(=O)CCCN1C(=O)c2ccccc2C1=O. The highest BCUT2D eigenvalue weighted by Crippen LogP contribution is 2.32. The number of imide groups is 2. The summed E-state index contributed by atoms with van der Waals surface area (Å²) in [6, 6.07) is 14.6. The Morgan fingerprint density at radius 3 is 1.85 bits per heavy atom. The largest absolute Gasteiger partial charge is 0.462 e. The van der Waals surface area contributed by atoms with Crippen LogP contribution in [0.1, 0.15) is 76.4 Å². The standard InChI is InChI=1S/C28H23N3O7S/c1-2-38-28(37)21-14-16(15-31-26(35)19-10-5-6-11-20(19)27(31)36)39-23(21)29-22(32)12-7-13-30-24(33)17-8-3-4-9-18(17)25(30)34/h3-6,8-11,14H,2,7,12-13,15H2,1H3,(H,29,32). The van der Waals surface area contributed by atoms with E-state index in [2.05, 4.69) is 5.32 Å². The molecule has 2 aromatic carbocycles. The normalized spacial score (nSPS) is 14.1. The number of nitrogens with one attached hydrogen (secondary N) is 1. The first-order valence-electron chi connectivity index (χ1n) is 12.3. The number of hydrogen-bond donors (Lipinski definition) is 1. The second kappa shape index (κ2) is 10.6. The molecule has 2 aliphatic rings. The van der Waals surface area contributed by atoms with Gasteiger partial charge in [0.2, 0.25) is 5.91 Å². The molecule has 0 bridgehead atoms. The van der Waals surface area contributed by atoms with Crippen LogP contribution in [0.25, 0.3) is 0 Å². The number of thiophene rings is 1. The third-order valence-corrected chi connectivity index (χ3v) is 7.42. The van der Waals surface area contributed by atoms with Crippen molar-refractivity contribution in [1.29, 1.82) is 0 Å². The number of ether oxygens (including phenoxy) is 1. The Labute approximate surface area is 227 Å². The summed E-state index contributed by atoms with van der Waals surface area (Å²) >= 11 is 1.07. The van der Waals surface area contributed by atoms with Crippen LogP contribution in [0, 0.1) is 0 Å². The smallest absolute Gasteiger partial charge is 0.341 e. The van der Waals surface area contributed by atoms with Crippen LogP contribution in [0.2, 0.25) is 0 Å². The number of rotatable bonds is 9. The number of nitrogens with zero attached hydrogens (tertiary/aromatic N) is 2. The van der Waals surface area contributed by atoms with Gasteiger partial charge in [-0.25, -0.2) is 4.79 Å². The van der Waals surface area contributed by atoms with Crippen molar-refractivity contribution in [2.75, 3.05) is 18.5 Å². The maximum Gasteiger partial charge on any atom is 0.341 e. The quantitative estimate of drug-likeness (QED) is 0.320. The highest BCUT2D eigenvalue weighted by molar-refractivity contribution is 7.16. The first-order valence-corrected chi connectivity index (χ1v) is 13.1. The van der Waals surface area contributed by atoms with Crippen molar-refractivity contribution < 1.29 is 33.5 Å². The lowest BCUT2D eigenvalue weighted by Gasteiger charge is -2.13. The van der Waals surface area contributed by atoms with E-state index in [1.54, 1.807) is 55.5 Å². The topological polar surface area (TPSA) is 130 Å². The second-order valence-corrected chi connectivity index (χ2v) is 10.0. The maximum absolute atomic E-state index is 12.8. The lowest BCUT2D eigenvalue weighted by molar-refractivity contribution is -0.116. The van der Waals surface area contributed by atoms with Crippen molar-refractivity contribution in [2.24, 2.45) is 0 Å². The average Bonchev–Trinajstić information content (AvgIpc) is 3.52. The van der Waals surface area contributed by atoms with Crippen molar-refractivity contribution in [3.8, 4) is 0 Å². The Morgan fingerprint density at radius 1 is 0.821 bits per heavy atom. The molecule has 0 unspecified atom stereocenters. The molecule has 198 valence electrons. The summed E-state index contributed by atoms with van der Waals surface area (Å²) in [6.45, 7) is 1.77. The lowest BCUT2D eigenvalue weighted by atomic mass is 10.1. The van der Waals surface area contributed by atoms with Gasteiger partial charge in [-0.3, -0.25) is 33.8 Å². The summed E-state index contributed by atoms with van der Waals surface area (Å²) in [5.41, 5.74) is 1.43. The number of carbonyl (C=O) groups is 6. The average molecular weight is 546 g/mol. The number of benzene rings is 2. The molecule has 39 heavy (non-hydrogen) atoms. The molecular formula is C28H23N3O7S. The first-order chi connectivity index (χ1) is 18.8. The van der Waals surface area contributed by atoms with Gasteiger partial charge in [0.1, 0.15) is 5.00 Å². The summed E-state index contributed by atoms with van der Waals surface area (Å²) < 4.78 is 5.12. The second-order valence-electron chi connectivity index (χ2n) is 8.88. The van der Waals surface area contributed by atoms with Crippen molar-refractivity contribution in [3.05, 3.63) is 87.3 Å². The summed E-state index contributed by atoms with van der Waals surface area (Å²) in [5.74, 6) is -2.72. The van der Waals surface area contributed by atoms with E-state index in [-0.39, 0.29) is 43.1 Å². The monoisotopic (exact) mass is 545 g/mol. The summed E-state index contributed by atoms with van der Waals surface area (Å²) in [6.07, 6.45) is 0.209. The summed E-state index contributed by atoms with van der Waals surface area (Å²) in [7, 11) is 0. The van der Waals surface area contributed by atoms with Crippen molar-refractivity contribution in [2.45, 2.75) is 26.3 Å². The third kappa shape index (κ3) is 4.84. The van der Waals surface area contributed by atoms with Gasteiger partial charge in [0, 0.05) is 17.8 Å². The summed E-state index contributed by atoms with van der Waals surface area (Å²) in [5, 5.41) is 2.93. The van der Waals surface area contributed by atoms with Gasteiger partial charge in [0.25, 0.3) is 23.6 Å². The molecule has 0 fully saturated rings. The van der Waals surface area contributed by atoms with Crippen molar-refractivity contribution in [1.82, 2.24) is 9.80 Å². The Morgan fingerprint density at radius 2 is 1.33 bits per heavy atom. The molecule has 0 spiro atoms. The number of fused-ring (bicyclic) bond motifs is 2. The molecule has 5 amide bonds. The maximum atomic E-state index is 12.8. The number of carbonyl (C=O) groups excluding carboxylic acids is 6. The first kappa shape index (κ1) is 26.0. The van der Waals surface area contributed by atoms with Gasteiger partial charge < -0.3 is 10.1 Å². The third-order valence-electron chi connectivity index (χ3n) is 6.39. The van der Waals surface area contributed by atoms with Gasteiger partial charge in [-0.1, -0.05) is 24.3 Å². The number of esters is 1. The number of hydrogen-bond acceptors (Lipinski definition) is 8. The van der Waals surface area contributed by atoms with E-state index in [9.17, 15) is 28.8 Å². The number of amides is 5. The van der Waals surface area contributed by atoms with E-state index in [1.807, 2.05) is 0 Å². The Hall–Kier alpha value is -4.64. The molecule has 3 aromatic rings. The predicted octanol–water partition coefficient (Wildman–Crippen LogP) is 3.74. The fourth-order valence-electron chi connectivity index (χ4n) is 4.54. The Balaban J connectivity index is 1.25. The van der Waals surface area contributed by atoms with Crippen LogP contribution < -0.4 is 5.32 Å². The van der Waals surface area contributed by atoms with Crippen LogP contribution in [0.15, 0.2) is 54.6 Å². The zero-order valence-corrected chi connectivity index (χ0v) is 21.7. The predicted molar refractivity (Wildman–Crippen MR) is 141 cm³/mol. The number of anilines is 1. The molecule has 0 radical (unpaired) electrons. The minimum atomic E-state index is -0.649. The van der Waals surface area contributed by atoms with Crippen LogP contribution in [0.4, 0.5) is 5.00 Å². The molecule has 0 saturated heterocycles. The molecule has 1 aromatic heterocycles. The summed E-state index contributed by atoms with van der Waals surface area (Å²) in [4.78, 5) is 78.6. The molecule has 0 atom stereocenters. The minimum Gasteiger partial charge on any atom is -0.462 e. The van der Waals surface area contributed by atoms with Gasteiger partial charge in [-0.2, -0.15) is 0 Å². The molecule has 3 heterocycles. The molecule has 0 aliphatic carbocycles. The van der Waals surface area contributed by atoms with Crippen LogP contribution >= 0.6 is 11.3 Å². The van der Waals surface area contributed by atoms with Gasteiger partial charge in [-0.15, -0.1) is 11.3 Å². The van der Waals surface area contributed by atoms with Crippen LogP contribution in [0.5, 0.6) is 0 Å². The Bertz CT molecular complexity index is 1470. The van der Waals surface area contributed by atoms with E-state index < -0.39 is 35.5 Å². The molecule has 11 heteroatoms. The van der Waals surface area contributed by atoms with E-state index in [1.165, 1.54) is 6.07 Å². The van der Waals surface area contributed by atoms with Gasteiger partial charge in [0.05, 0.1) is 41.0 Å². The minimum absolute atomic E-state index is 0.0126. The van der Waals surface area contributed by atoms with Gasteiger partial charge in [0.15, 0.2) is 0 Å². The molecular weight excluding hydrogens is 522 g/mol. The highest BCUT2D eigenvalue weighted by atomic mass is 32.1. The van der Waals surface area contributed by atoms with E-state index in [0.717, 1.165) is 21.1 Å². The van der Waals surface area contributed by atoms with E-state index in [4.69, 9.17) is 4.74 Å². The van der Waals surface area contributed by atoms with Gasteiger partial charge >= 0.3 is 5.97 Å². The lowest BCUT2D eigenvalue weighted by Crippen LogP contribution is -2.31. The van der Waals surface area contributed by atoms with Crippen LogP contribution in [-0.4, -0.2) is 58.5 Å². The van der Waals surface area contributed by atoms with Gasteiger partial charge in [-0.05, 0) is 43.7 Å². The zero-order valence-electron chi connectivity index (χ0n) is 20.9. The van der Waals surface area contributed by atoms with Crippen LogP contribution in [0.3, 0.4) is 0 Å². The zero-order chi connectivity index (χ0) is 27.7. The molecule has 5 rings (SSSR count). The highest BCUT2D eigenvalue weighted by Gasteiger charge is 2.36. The fourth-order valence-corrected chi connectivity index (χ4v) is 5.59. The van der Waals surface area contributed by atoms with Crippen molar-refractivity contribution >= 4 is 51.8 Å². The molecule has 1 N–H and O–H groups in total. The van der Waals surface area contributed by atoms with Crippen molar-refractivity contribution in [3.63, 3.8) is 0 Å². The fraction of sp³-hybridized carbons (Fsp3) is 0.214. The molecule has 0 saturated carbocycles. The Kier molecular flexibility index (Phi) is 7.07. The molecule has 10 nitrogen and oxygen atoms in total. The van der Waals surface area contributed by atoms with Crippen LogP contribution in [-0.2, 0) is 16.1 Å². The van der Waals surface area contributed by atoms with E-state index in [0.29, 0.717) is 27.1 Å². The van der Waals surface area contributed by atoms with E-state index >= 15 is 0 Å².